The van der Waals surface area contributed by atoms with E-state index in [0.717, 1.165) is 18.2 Å². The van der Waals surface area contributed by atoms with Gasteiger partial charge in [0.25, 0.3) is 0 Å². The lowest BCUT2D eigenvalue weighted by Gasteiger charge is -2.33. The monoisotopic (exact) mass is 195 g/mol. The molecule has 1 aromatic heterocycles. The highest BCUT2D eigenvalue weighted by atomic mass is 16.4. The summed E-state index contributed by atoms with van der Waals surface area (Å²) in [6.07, 6.45) is 2.54. The smallest absolute Gasteiger partial charge is 0.129 e. The SMILES string of the molecule is CC1CC(NCc2ccc(CO)o2)C1. The van der Waals surface area contributed by atoms with Gasteiger partial charge in [0.15, 0.2) is 0 Å². The number of aliphatic hydroxyl groups is 1. The number of rotatable bonds is 4. The van der Waals surface area contributed by atoms with Crippen LogP contribution in [0.3, 0.4) is 0 Å². The van der Waals surface area contributed by atoms with Gasteiger partial charge in [-0.2, -0.15) is 0 Å². The normalized spacial score (nSPS) is 26.1. The van der Waals surface area contributed by atoms with E-state index in [2.05, 4.69) is 12.2 Å². The van der Waals surface area contributed by atoms with E-state index < -0.39 is 0 Å². The van der Waals surface area contributed by atoms with Crippen molar-refractivity contribution >= 4 is 0 Å². The maximum Gasteiger partial charge on any atom is 0.129 e. The second-order valence-electron chi connectivity index (χ2n) is 4.18. The Hall–Kier alpha value is -0.800. The predicted octanol–water partition coefficient (Wildman–Crippen LogP) is 1.66. The van der Waals surface area contributed by atoms with E-state index in [9.17, 15) is 0 Å². The average Bonchev–Trinajstić information content (AvgIpc) is 2.58. The van der Waals surface area contributed by atoms with Gasteiger partial charge in [0.05, 0.1) is 6.54 Å². The van der Waals surface area contributed by atoms with E-state index in [0.29, 0.717) is 11.8 Å². The van der Waals surface area contributed by atoms with E-state index in [-0.39, 0.29) is 6.61 Å². The lowest BCUT2D eigenvalue weighted by atomic mass is 9.82. The molecule has 1 aliphatic rings. The van der Waals surface area contributed by atoms with Crippen LogP contribution in [0.4, 0.5) is 0 Å². The van der Waals surface area contributed by atoms with Crippen molar-refractivity contribution < 1.29 is 9.52 Å². The fraction of sp³-hybridized carbons (Fsp3) is 0.636. The molecule has 0 radical (unpaired) electrons. The molecule has 1 aliphatic carbocycles. The summed E-state index contributed by atoms with van der Waals surface area (Å²) in [6, 6.07) is 4.40. The molecule has 78 valence electrons. The van der Waals surface area contributed by atoms with Crippen molar-refractivity contribution in [2.75, 3.05) is 0 Å². The maximum absolute atomic E-state index is 8.81. The second-order valence-corrected chi connectivity index (χ2v) is 4.18. The molecule has 1 aromatic rings. The summed E-state index contributed by atoms with van der Waals surface area (Å²) in [5.74, 6) is 2.43. The summed E-state index contributed by atoms with van der Waals surface area (Å²) >= 11 is 0. The van der Waals surface area contributed by atoms with Crippen LogP contribution in [0.5, 0.6) is 0 Å². The van der Waals surface area contributed by atoms with Gasteiger partial charge < -0.3 is 14.8 Å². The molecule has 0 spiro atoms. The zero-order valence-corrected chi connectivity index (χ0v) is 8.49. The Morgan fingerprint density at radius 1 is 1.43 bits per heavy atom. The highest BCUT2D eigenvalue weighted by Crippen LogP contribution is 2.26. The molecule has 0 saturated heterocycles. The molecule has 0 bridgehead atoms. The number of furan rings is 1. The molecule has 14 heavy (non-hydrogen) atoms. The Balaban J connectivity index is 1.75. The number of nitrogens with one attached hydrogen (secondary N) is 1. The van der Waals surface area contributed by atoms with E-state index in [1.165, 1.54) is 12.8 Å². The van der Waals surface area contributed by atoms with Crippen LogP contribution >= 0.6 is 0 Å². The molecule has 1 heterocycles. The molecule has 0 atom stereocenters. The molecule has 1 fully saturated rings. The Bertz CT molecular complexity index is 289. The van der Waals surface area contributed by atoms with Gasteiger partial charge in [-0.05, 0) is 30.9 Å². The third-order valence-corrected chi connectivity index (χ3v) is 2.81. The largest absolute Gasteiger partial charge is 0.462 e. The third-order valence-electron chi connectivity index (χ3n) is 2.81. The van der Waals surface area contributed by atoms with Crippen LogP contribution in [0.15, 0.2) is 16.5 Å². The molecule has 3 nitrogen and oxygen atoms in total. The summed E-state index contributed by atoms with van der Waals surface area (Å²) in [5, 5.41) is 12.2. The summed E-state index contributed by atoms with van der Waals surface area (Å²) in [6.45, 7) is 3.03. The minimum absolute atomic E-state index is 0.0134. The first-order valence-corrected chi connectivity index (χ1v) is 5.19. The van der Waals surface area contributed by atoms with Gasteiger partial charge in [0.1, 0.15) is 18.1 Å². The first-order valence-electron chi connectivity index (χ1n) is 5.19. The molecular formula is C11H17NO2. The molecule has 0 unspecified atom stereocenters. The first kappa shape index (κ1) is 9.74. The Kier molecular flexibility index (Phi) is 2.89. The molecule has 2 N–H and O–H groups in total. The number of hydrogen-bond donors (Lipinski definition) is 2. The van der Waals surface area contributed by atoms with E-state index >= 15 is 0 Å². The van der Waals surface area contributed by atoms with Crippen LogP contribution in [0.2, 0.25) is 0 Å². The zero-order valence-electron chi connectivity index (χ0n) is 8.49. The van der Waals surface area contributed by atoms with Gasteiger partial charge in [-0.15, -0.1) is 0 Å². The van der Waals surface area contributed by atoms with Crippen molar-refractivity contribution in [2.24, 2.45) is 5.92 Å². The van der Waals surface area contributed by atoms with Crippen molar-refractivity contribution in [3.63, 3.8) is 0 Å². The fourth-order valence-electron chi connectivity index (χ4n) is 1.92. The summed E-state index contributed by atoms with van der Waals surface area (Å²) in [5.41, 5.74) is 0. The van der Waals surface area contributed by atoms with Crippen LogP contribution in [-0.2, 0) is 13.2 Å². The predicted molar refractivity (Wildman–Crippen MR) is 53.7 cm³/mol. The van der Waals surface area contributed by atoms with Gasteiger partial charge in [-0.3, -0.25) is 0 Å². The highest BCUT2D eigenvalue weighted by Gasteiger charge is 2.24. The summed E-state index contributed by atoms with van der Waals surface area (Å²) in [4.78, 5) is 0. The van der Waals surface area contributed by atoms with E-state index in [1.807, 2.05) is 12.1 Å². The van der Waals surface area contributed by atoms with Crippen molar-refractivity contribution in [1.29, 1.82) is 0 Å². The molecule has 0 aromatic carbocycles. The molecular weight excluding hydrogens is 178 g/mol. The first-order chi connectivity index (χ1) is 6.78. The molecule has 2 rings (SSSR count). The van der Waals surface area contributed by atoms with Gasteiger partial charge in [-0.25, -0.2) is 0 Å². The number of hydrogen-bond acceptors (Lipinski definition) is 3. The quantitative estimate of drug-likeness (QED) is 0.768. The topological polar surface area (TPSA) is 45.4 Å². The van der Waals surface area contributed by atoms with Crippen molar-refractivity contribution in [1.82, 2.24) is 5.32 Å². The van der Waals surface area contributed by atoms with Crippen LogP contribution in [0.1, 0.15) is 31.3 Å². The van der Waals surface area contributed by atoms with Crippen molar-refractivity contribution in [3.05, 3.63) is 23.7 Å². The minimum atomic E-state index is -0.0134. The second kappa shape index (κ2) is 4.15. The molecule has 3 heteroatoms. The molecule has 1 saturated carbocycles. The maximum atomic E-state index is 8.81. The fourth-order valence-corrected chi connectivity index (χ4v) is 1.92. The summed E-state index contributed by atoms with van der Waals surface area (Å²) < 4.78 is 5.37. The van der Waals surface area contributed by atoms with E-state index in [1.54, 1.807) is 0 Å². The van der Waals surface area contributed by atoms with Crippen LogP contribution in [0.25, 0.3) is 0 Å². The molecule has 0 aliphatic heterocycles. The Morgan fingerprint density at radius 3 is 2.71 bits per heavy atom. The van der Waals surface area contributed by atoms with Crippen molar-refractivity contribution in [3.8, 4) is 0 Å². The number of aliphatic hydroxyl groups excluding tert-OH is 1. The van der Waals surface area contributed by atoms with E-state index in [4.69, 9.17) is 9.52 Å². The minimum Gasteiger partial charge on any atom is -0.462 e. The molecule has 0 amide bonds. The average molecular weight is 195 g/mol. The third kappa shape index (κ3) is 2.16. The van der Waals surface area contributed by atoms with Crippen LogP contribution in [-0.4, -0.2) is 11.1 Å². The Morgan fingerprint density at radius 2 is 2.14 bits per heavy atom. The van der Waals surface area contributed by atoms with Crippen molar-refractivity contribution in [2.45, 2.75) is 39.0 Å². The summed E-state index contributed by atoms with van der Waals surface area (Å²) in [7, 11) is 0. The zero-order chi connectivity index (χ0) is 9.97. The van der Waals surface area contributed by atoms with Gasteiger partial charge in [-0.1, -0.05) is 6.92 Å². The Labute approximate surface area is 84.1 Å². The lowest BCUT2D eigenvalue weighted by Crippen LogP contribution is -2.39. The van der Waals surface area contributed by atoms with Crippen LogP contribution in [0, 0.1) is 5.92 Å². The highest BCUT2D eigenvalue weighted by molar-refractivity contribution is 5.06. The van der Waals surface area contributed by atoms with Gasteiger partial charge >= 0.3 is 0 Å². The van der Waals surface area contributed by atoms with Gasteiger partial charge in [0, 0.05) is 6.04 Å². The van der Waals surface area contributed by atoms with Crippen LogP contribution < -0.4 is 5.32 Å². The lowest BCUT2D eigenvalue weighted by molar-refractivity contribution is 0.225. The standard InChI is InChI=1S/C11H17NO2/c1-8-4-9(5-8)12-6-10-2-3-11(7-13)14-10/h2-3,8-9,12-13H,4-7H2,1H3. The van der Waals surface area contributed by atoms with Gasteiger partial charge in [0.2, 0.25) is 0 Å².